The maximum atomic E-state index is 13.0. The number of nitrogens with zero attached hydrogens (tertiary/aromatic N) is 3. The number of pyridine rings is 2. The summed E-state index contributed by atoms with van der Waals surface area (Å²) in [6.45, 7) is 5.96. The highest BCUT2D eigenvalue weighted by molar-refractivity contribution is 6.03. The average Bonchev–Trinajstić information content (AvgIpc) is 3.17. The Bertz CT molecular complexity index is 1250. The van der Waals surface area contributed by atoms with Gasteiger partial charge in [-0.1, -0.05) is 6.07 Å². The van der Waals surface area contributed by atoms with Crippen molar-refractivity contribution >= 4 is 17.2 Å². The van der Waals surface area contributed by atoms with Crippen LogP contribution in [0.15, 0.2) is 36.7 Å². The summed E-state index contributed by atoms with van der Waals surface area (Å²) in [5.74, 6) is 0.511. The number of fused-ring (bicyclic) bond motifs is 2. The van der Waals surface area contributed by atoms with Crippen molar-refractivity contribution in [2.24, 2.45) is 11.8 Å². The quantitative estimate of drug-likeness (QED) is 0.520. The number of alkyl halides is 2. The van der Waals surface area contributed by atoms with E-state index in [9.17, 15) is 18.7 Å². The van der Waals surface area contributed by atoms with Gasteiger partial charge in [0.05, 0.1) is 17.9 Å². The van der Waals surface area contributed by atoms with Crippen LogP contribution in [0.2, 0.25) is 0 Å². The molecule has 0 aromatic carbocycles. The third-order valence-corrected chi connectivity index (χ3v) is 7.43. The van der Waals surface area contributed by atoms with Crippen LogP contribution in [-0.2, 0) is 5.41 Å². The number of ether oxygens (including phenoxy) is 1. The van der Waals surface area contributed by atoms with Gasteiger partial charge in [0.15, 0.2) is 0 Å². The number of anilines is 1. The standard InChI is InChI=1S/C25H28F2N4O3/c1-4-34-19-10-21-30-20(25-9-8-14(25)15(11-25)24(2,3)33)13-31(21)12-18(19)29-23(32)17-7-5-6-16(28-17)22(26)27/h5-7,10,12-15,22,33H,4,8-9,11H2,1-3H3,(H,29,32). The SMILES string of the molecule is CCOc1cc2nc(C34CCC3C(C(C)(C)O)C4)cn2cc1NC(=O)c1cccc(C(F)F)n1. The van der Waals surface area contributed by atoms with E-state index in [-0.39, 0.29) is 17.0 Å². The van der Waals surface area contributed by atoms with Crippen LogP contribution < -0.4 is 10.1 Å². The van der Waals surface area contributed by atoms with Crippen molar-refractivity contribution in [1.82, 2.24) is 14.4 Å². The molecule has 0 aliphatic heterocycles. The zero-order chi connectivity index (χ0) is 24.3. The van der Waals surface area contributed by atoms with Gasteiger partial charge in [0.25, 0.3) is 12.3 Å². The Hall–Kier alpha value is -3.07. The summed E-state index contributed by atoms with van der Waals surface area (Å²) in [7, 11) is 0. The molecule has 0 spiro atoms. The Balaban J connectivity index is 1.45. The van der Waals surface area contributed by atoms with E-state index in [0.717, 1.165) is 25.0 Å². The zero-order valence-corrected chi connectivity index (χ0v) is 19.4. The van der Waals surface area contributed by atoms with Gasteiger partial charge in [-0.25, -0.2) is 18.7 Å². The lowest BCUT2D eigenvalue weighted by molar-refractivity contribution is -0.157. The topological polar surface area (TPSA) is 88.8 Å². The zero-order valence-electron chi connectivity index (χ0n) is 19.4. The largest absolute Gasteiger partial charge is 0.491 e. The van der Waals surface area contributed by atoms with Gasteiger partial charge >= 0.3 is 0 Å². The van der Waals surface area contributed by atoms with Crippen molar-refractivity contribution in [1.29, 1.82) is 0 Å². The van der Waals surface area contributed by atoms with Crippen LogP contribution >= 0.6 is 0 Å². The molecule has 3 aromatic heterocycles. The number of nitrogens with one attached hydrogen (secondary N) is 1. The molecule has 2 saturated carbocycles. The number of amides is 1. The van der Waals surface area contributed by atoms with Crippen LogP contribution in [0.5, 0.6) is 5.75 Å². The smallest absolute Gasteiger partial charge is 0.280 e. The molecule has 3 unspecified atom stereocenters. The third-order valence-electron chi connectivity index (χ3n) is 7.43. The van der Waals surface area contributed by atoms with E-state index in [1.165, 1.54) is 18.2 Å². The van der Waals surface area contributed by atoms with Gasteiger partial charge in [0.2, 0.25) is 0 Å². The molecule has 180 valence electrons. The molecule has 2 fully saturated rings. The van der Waals surface area contributed by atoms with E-state index in [4.69, 9.17) is 9.72 Å². The van der Waals surface area contributed by atoms with Crippen molar-refractivity contribution in [3.63, 3.8) is 0 Å². The summed E-state index contributed by atoms with van der Waals surface area (Å²) in [4.78, 5) is 21.4. The number of aliphatic hydroxyl groups is 1. The first kappa shape index (κ1) is 22.7. The summed E-state index contributed by atoms with van der Waals surface area (Å²) < 4.78 is 33.6. The number of rotatable bonds is 7. The number of hydrogen-bond donors (Lipinski definition) is 2. The molecule has 2 N–H and O–H groups in total. The van der Waals surface area contributed by atoms with E-state index >= 15 is 0 Å². The first-order valence-electron chi connectivity index (χ1n) is 11.6. The highest BCUT2D eigenvalue weighted by Gasteiger charge is 2.64. The van der Waals surface area contributed by atoms with Crippen molar-refractivity contribution in [3.05, 3.63) is 53.7 Å². The summed E-state index contributed by atoms with van der Waals surface area (Å²) in [6, 6.07) is 5.72. The van der Waals surface area contributed by atoms with E-state index in [1.807, 2.05) is 31.4 Å². The second-order valence-electron chi connectivity index (χ2n) is 9.84. The Morgan fingerprint density at radius 1 is 1.35 bits per heavy atom. The number of hydrogen-bond acceptors (Lipinski definition) is 5. The first-order chi connectivity index (χ1) is 16.1. The minimum absolute atomic E-state index is 0.00843. The highest BCUT2D eigenvalue weighted by Crippen LogP contribution is 2.67. The molecule has 0 bridgehead atoms. The second kappa shape index (κ2) is 8.01. The Morgan fingerprint density at radius 2 is 2.15 bits per heavy atom. The fourth-order valence-corrected chi connectivity index (χ4v) is 5.55. The maximum absolute atomic E-state index is 13.0. The van der Waals surface area contributed by atoms with Crippen molar-refractivity contribution in [2.75, 3.05) is 11.9 Å². The van der Waals surface area contributed by atoms with E-state index in [0.29, 0.717) is 29.6 Å². The molecule has 7 nitrogen and oxygen atoms in total. The number of imidazole rings is 1. The molecule has 5 rings (SSSR count). The van der Waals surface area contributed by atoms with Crippen LogP contribution in [0.25, 0.3) is 5.65 Å². The molecule has 2 aliphatic rings. The van der Waals surface area contributed by atoms with Gasteiger partial charge in [-0.05, 0) is 64.0 Å². The van der Waals surface area contributed by atoms with Crippen molar-refractivity contribution in [3.8, 4) is 5.75 Å². The number of carbonyl (C=O) groups excluding carboxylic acids is 1. The molecular weight excluding hydrogens is 442 g/mol. The van der Waals surface area contributed by atoms with Crippen molar-refractivity contribution < 1.29 is 23.4 Å². The average molecular weight is 471 g/mol. The van der Waals surface area contributed by atoms with Crippen molar-refractivity contribution in [2.45, 2.75) is 57.5 Å². The molecule has 3 atom stereocenters. The molecule has 0 radical (unpaired) electrons. The molecular formula is C25H28F2N4O3. The molecule has 3 aromatic rings. The molecule has 2 aliphatic carbocycles. The van der Waals surface area contributed by atoms with Crippen LogP contribution in [0.1, 0.15) is 68.3 Å². The lowest BCUT2D eigenvalue weighted by Crippen LogP contribution is -2.64. The monoisotopic (exact) mass is 470 g/mol. The van der Waals surface area contributed by atoms with E-state index < -0.39 is 23.6 Å². The number of halogens is 2. The first-order valence-corrected chi connectivity index (χ1v) is 11.6. The Labute approximate surface area is 196 Å². The molecule has 34 heavy (non-hydrogen) atoms. The maximum Gasteiger partial charge on any atom is 0.280 e. The molecule has 9 heteroatoms. The summed E-state index contributed by atoms with van der Waals surface area (Å²) in [6.07, 6.45) is 3.97. The number of carbonyl (C=O) groups is 1. The second-order valence-corrected chi connectivity index (χ2v) is 9.84. The lowest BCUT2D eigenvalue weighted by atomic mass is 9.39. The predicted octanol–water partition coefficient (Wildman–Crippen LogP) is 4.76. The van der Waals surface area contributed by atoms with Gasteiger partial charge in [-0.3, -0.25) is 4.79 Å². The van der Waals surface area contributed by atoms with Crippen LogP contribution in [0.3, 0.4) is 0 Å². The van der Waals surface area contributed by atoms with E-state index in [1.54, 1.807) is 12.3 Å². The van der Waals surface area contributed by atoms with Gasteiger partial charge in [-0.2, -0.15) is 0 Å². The molecule has 0 saturated heterocycles. The fourth-order valence-electron chi connectivity index (χ4n) is 5.55. The number of aromatic nitrogens is 3. The lowest BCUT2D eigenvalue weighted by Gasteiger charge is -2.65. The van der Waals surface area contributed by atoms with Crippen LogP contribution in [-0.4, -0.2) is 37.6 Å². The van der Waals surface area contributed by atoms with E-state index in [2.05, 4.69) is 10.3 Å². The van der Waals surface area contributed by atoms with Crippen LogP contribution in [0.4, 0.5) is 14.5 Å². The molecule has 3 heterocycles. The minimum Gasteiger partial charge on any atom is -0.491 e. The third kappa shape index (κ3) is 3.62. The Morgan fingerprint density at radius 3 is 2.76 bits per heavy atom. The fraction of sp³-hybridized carbons (Fsp3) is 0.480. The normalized spacial score (nSPS) is 23.9. The van der Waals surface area contributed by atoms with Gasteiger partial charge in [-0.15, -0.1) is 0 Å². The van der Waals surface area contributed by atoms with Gasteiger partial charge < -0.3 is 19.6 Å². The van der Waals surface area contributed by atoms with Gasteiger partial charge in [0.1, 0.15) is 28.5 Å². The minimum atomic E-state index is -2.76. The summed E-state index contributed by atoms with van der Waals surface area (Å²) in [5, 5.41) is 13.2. The summed E-state index contributed by atoms with van der Waals surface area (Å²) in [5.41, 5.74) is 0.816. The Kier molecular flexibility index (Phi) is 5.35. The molecule has 1 amide bonds. The summed E-state index contributed by atoms with van der Waals surface area (Å²) >= 11 is 0. The highest BCUT2D eigenvalue weighted by atomic mass is 19.3. The van der Waals surface area contributed by atoms with Gasteiger partial charge in [0, 0.05) is 23.9 Å². The van der Waals surface area contributed by atoms with Crippen LogP contribution in [0, 0.1) is 11.8 Å². The predicted molar refractivity (Wildman–Crippen MR) is 122 cm³/mol.